The standard InChI is InChI=1S/C20H38N8O7S/c21-8-2-1-4-14(19(34)35)28-18(33)13(6-7-15(29)30)27-17(32)12(5-3-9-25-20(23)24)26-16(31)11(22)10-36/h11-14,36H,1-10,21-22H2,(H,26,31)(H,27,32)(H,28,33)(H,29,30)(H,34,35)(H4,23,24,25). The zero-order chi connectivity index (χ0) is 27.7. The molecule has 0 aliphatic carbocycles. The van der Waals surface area contributed by atoms with Crippen LogP contribution in [0.25, 0.3) is 0 Å². The molecule has 13 N–H and O–H groups in total. The number of rotatable bonds is 19. The minimum Gasteiger partial charge on any atom is -0.481 e. The first-order chi connectivity index (χ1) is 16.9. The Kier molecular flexibility index (Phi) is 16.6. The fourth-order valence-corrected chi connectivity index (χ4v) is 3.13. The summed E-state index contributed by atoms with van der Waals surface area (Å²) in [7, 11) is 0. The average Bonchev–Trinajstić information content (AvgIpc) is 2.81. The van der Waals surface area contributed by atoms with Crippen LogP contribution in [0.3, 0.4) is 0 Å². The van der Waals surface area contributed by atoms with Crippen molar-refractivity contribution >= 4 is 48.2 Å². The highest BCUT2D eigenvalue weighted by Gasteiger charge is 2.30. The summed E-state index contributed by atoms with van der Waals surface area (Å²) in [5.74, 6) is -4.97. The van der Waals surface area contributed by atoms with Gasteiger partial charge in [-0.25, -0.2) is 4.79 Å². The lowest BCUT2D eigenvalue weighted by Crippen LogP contribution is -2.57. The van der Waals surface area contributed by atoms with Crippen LogP contribution in [0.4, 0.5) is 0 Å². The molecule has 4 atom stereocenters. The van der Waals surface area contributed by atoms with E-state index in [9.17, 15) is 29.1 Å². The molecule has 0 heterocycles. The van der Waals surface area contributed by atoms with Gasteiger partial charge in [0.05, 0.1) is 6.04 Å². The second-order valence-corrected chi connectivity index (χ2v) is 8.34. The van der Waals surface area contributed by atoms with E-state index < -0.39 is 60.2 Å². The van der Waals surface area contributed by atoms with Gasteiger partial charge in [-0.15, -0.1) is 0 Å². The number of aliphatic imine (C=N–C) groups is 1. The van der Waals surface area contributed by atoms with Gasteiger partial charge in [-0.1, -0.05) is 0 Å². The molecule has 3 amide bonds. The molecule has 0 saturated heterocycles. The highest BCUT2D eigenvalue weighted by atomic mass is 32.1. The summed E-state index contributed by atoms with van der Waals surface area (Å²) in [6.07, 6.45) is 0.646. The van der Waals surface area contributed by atoms with Crippen LogP contribution in [0.15, 0.2) is 4.99 Å². The molecule has 0 bridgehead atoms. The van der Waals surface area contributed by atoms with Gasteiger partial charge in [0.25, 0.3) is 0 Å². The van der Waals surface area contributed by atoms with E-state index in [2.05, 4.69) is 33.6 Å². The molecular weight excluding hydrogens is 496 g/mol. The fourth-order valence-electron chi connectivity index (χ4n) is 2.97. The number of nitrogens with two attached hydrogens (primary N) is 4. The topological polar surface area (TPSA) is 278 Å². The van der Waals surface area contributed by atoms with Crippen LogP contribution >= 0.6 is 12.6 Å². The monoisotopic (exact) mass is 534 g/mol. The molecule has 0 radical (unpaired) electrons. The first kappa shape index (κ1) is 32.9. The van der Waals surface area contributed by atoms with Gasteiger partial charge in [-0.2, -0.15) is 12.6 Å². The normalized spacial score (nSPS) is 14.0. The van der Waals surface area contributed by atoms with Crippen molar-refractivity contribution in [3.05, 3.63) is 0 Å². The van der Waals surface area contributed by atoms with Crippen molar-refractivity contribution in [3.8, 4) is 0 Å². The summed E-state index contributed by atoms with van der Waals surface area (Å²) in [6.45, 7) is 0.511. The lowest BCUT2D eigenvalue weighted by Gasteiger charge is -2.25. The van der Waals surface area contributed by atoms with E-state index in [0.29, 0.717) is 19.4 Å². The van der Waals surface area contributed by atoms with Gasteiger partial charge in [-0.3, -0.25) is 24.2 Å². The second kappa shape index (κ2) is 18.2. The predicted octanol–water partition coefficient (Wildman–Crippen LogP) is -3.17. The summed E-state index contributed by atoms with van der Waals surface area (Å²) in [5.41, 5.74) is 21.6. The molecule has 0 aromatic rings. The molecule has 206 valence electrons. The minimum absolute atomic E-state index is 0.0124. The van der Waals surface area contributed by atoms with E-state index in [1.54, 1.807) is 0 Å². The van der Waals surface area contributed by atoms with E-state index in [1.807, 2.05) is 0 Å². The van der Waals surface area contributed by atoms with E-state index >= 15 is 0 Å². The maximum atomic E-state index is 13.0. The molecule has 36 heavy (non-hydrogen) atoms. The number of hydrogen-bond acceptors (Lipinski definition) is 9. The number of nitrogens with one attached hydrogen (secondary N) is 3. The van der Waals surface area contributed by atoms with Gasteiger partial charge in [0.2, 0.25) is 17.7 Å². The average molecular weight is 535 g/mol. The van der Waals surface area contributed by atoms with E-state index in [4.69, 9.17) is 28.0 Å². The van der Waals surface area contributed by atoms with Crippen LogP contribution in [-0.4, -0.2) is 88.8 Å². The van der Waals surface area contributed by atoms with Crippen molar-refractivity contribution in [3.63, 3.8) is 0 Å². The van der Waals surface area contributed by atoms with Crippen LogP contribution in [0.2, 0.25) is 0 Å². The lowest BCUT2D eigenvalue weighted by molar-refractivity contribution is -0.143. The highest BCUT2D eigenvalue weighted by Crippen LogP contribution is 2.06. The zero-order valence-corrected chi connectivity index (χ0v) is 20.9. The second-order valence-electron chi connectivity index (χ2n) is 7.98. The lowest BCUT2D eigenvalue weighted by atomic mass is 10.1. The molecule has 0 aliphatic rings. The Morgan fingerprint density at radius 2 is 1.33 bits per heavy atom. The predicted molar refractivity (Wildman–Crippen MR) is 135 cm³/mol. The third-order valence-electron chi connectivity index (χ3n) is 4.95. The number of carboxylic acid groups (broad SMARTS) is 2. The molecular formula is C20H38N8O7S. The molecule has 4 unspecified atom stereocenters. The molecule has 16 heteroatoms. The van der Waals surface area contributed by atoms with E-state index in [-0.39, 0.29) is 43.9 Å². The minimum atomic E-state index is -1.37. The number of unbranched alkanes of at least 4 members (excludes halogenated alkanes) is 1. The Morgan fingerprint density at radius 3 is 1.83 bits per heavy atom. The summed E-state index contributed by atoms with van der Waals surface area (Å²) < 4.78 is 0. The number of carbonyl (C=O) groups is 5. The fraction of sp³-hybridized carbons (Fsp3) is 0.700. The van der Waals surface area contributed by atoms with Crippen LogP contribution in [0, 0.1) is 0 Å². The van der Waals surface area contributed by atoms with Gasteiger partial charge < -0.3 is 49.1 Å². The third-order valence-corrected chi connectivity index (χ3v) is 5.35. The number of guanidine groups is 1. The van der Waals surface area contributed by atoms with E-state index in [0.717, 1.165) is 0 Å². The molecule has 0 aromatic carbocycles. The van der Waals surface area contributed by atoms with Crippen LogP contribution in [0.1, 0.15) is 44.9 Å². The van der Waals surface area contributed by atoms with Crippen molar-refractivity contribution in [2.75, 3.05) is 18.8 Å². The number of hydrogen-bond donors (Lipinski definition) is 10. The molecule has 0 spiro atoms. The summed E-state index contributed by atoms with van der Waals surface area (Å²) in [6, 6.07) is -4.78. The number of carbonyl (C=O) groups excluding carboxylic acids is 3. The van der Waals surface area contributed by atoms with Crippen molar-refractivity contribution in [1.29, 1.82) is 0 Å². The Labute approximate surface area is 214 Å². The first-order valence-corrected chi connectivity index (χ1v) is 12.0. The van der Waals surface area contributed by atoms with Gasteiger partial charge >= 0.3 is 11.9 Å². The number of nitrogens with zero attached hydrogens (tertiary/aromatic N) is 1. The number of aliphatic carboxylic acids is 2. The summed E-state index contributed by atoms with van der Waals surface area (Å²) >= 11 is 3.95. The third kappa shape index (κ3) is 14.3. The highest BCUT2D eigenvalue weighted by molar-refractivity contribution is 7.80. The van der Waals surface area contributed by atoms with Crippen LogP contribution < -0.4 is 38.9 Å². The van der Waals surface area contributed by atoms with Gasteiger partial charge in [0, 0.05) is 18.7 Å². The molecule has 0 aromatic heterocycles. The first-order valence-electron chi connectivity index (χ1n) is 11.4. The Morgan fingerprint density at radius 1 is 0.806 bits per heavy atom. The zero-order valence-electron chi connectivity index (χ0n) is 20.0. The SMILES string of the molecule is NCCCCC(NC(=O)C(CCC(=O)O)NC(=O)C(CCCN=C(N)N)NC(=O)C(N)CS)C(=O)O. The van der Waals surface area contributed by atoms with Crippen molar-refractivity contribution in [2.45, 2.75) is 69.1 Å². The smallest absolute Gasteiger partial charge is 0.326 e. The van der Waals surface area contributed by atoms with Gasteiger partial charge in [-0.05, 0) is 45.1 Å². The van der Waals surface area contributed by atoms with Crippen molar-refractivity contribution < 1.29 is 34.2 Å². The molecule has 0 rings (SSSR count). The molecule has 0 aliphatic heterocycles. The molecule has 0 fully saturated rings. The van der Waals surface area contributed by atoms with Gasteiger partial charge in [0.15, 0.2) is 5.96 Å². The van der Waals surface area contributed by atoms with Crippen molar-refractivity contribution in [1.82, 2.24) is 16.0 Å². The quantitative estimate of drug-likeness (QED) is 0.0341. The van der Waals surface area contributed by atoms with Crippen LogP contribution in [-0.2, 0) is 24.0 Å². The summed E-state index contributed by atoms with van der Waals surface area (Å²) in [4.78, 5) is 64.4. The Hall–Kier alpha value is -3.11. The molecule has 15 nitrogen and oxygen atoms in total. The summed E-state index contributed by atoms with van der Waals surface area (Å²) in [5, 5.41) is 25.6. The Bertz CT molecular complexity index is 779. The van der Waals surface area contributed by atoms with E-state index in [1.165, 1.54) is 0 Å². The number of thiol groups is 1. The van der Waals surface area contributed by atoms with Crippen LogP contribution in [0.5, 0.6) is 0 Å². The Balaban J connectivity index is 5.57. The maximum absolute atomic E-state index is 13.0. The number of amides is 3. The molecule has 0 saturated carbocycles. The maximum Gasteiger partial charge on any atom is 0.326 e. The van der Waals surface area contributed by atoms with Crippen molar-refractivity contribution in [2.24, 2.45) is 27.9 Å². The van der Waals surface area contributed by atoms with Gasteiger partial charge in [0.1, 0.15) is 18.1 Å². The largest absolute Gasteiger partial charge is 0.481 e. The number of carboxylic acids is 2.